The van der Waals surface area contributed by atoms with Crippen LogP contribution in [0, 0.1) is 0 Å². The molecule has 0 aliphatic heterocycles. The Morgan fingerprint density at radius 1 is 1.21 bits per heavy atom. The zero-order valence-corrected chi connectivity index (χ0v) is 17.1. The van der Waals surface area contributed by atoms with Crippen LogP contribution in [0.4, 0.5) is 0 Å². The maximum atomic E-state index is 12.7. The number of fused-ring (bicyclic) bond motifs is 1. The molecule has 0 fully saturated rings. The molecule has 0 spiro atoms. The predicted molar refractivity (Wildman–Crippen MR) is 113 cm³/mol. The Balaban J connectivity index is 1.72. The molecule has 2 aromatic heterocycles. The monoisotopic (exact) mass is 452 g/mol. The van der Waals surface area contributed by atoms with E-state index < -0.39 is 0 Å². The number of hydrogen-bond acceptors (Lipinski definition) is 4. The van der Waals surface area contributed by atoms with E-state index in [1.807, 2.05) is 36.4 Å². The molecule has 1 amide bonds. The fraction of sp³-hybridized carbons (Fsp3) is 0.0952. The third-order valence-electron chi connectivity index (χ3n) is 4.49. The average molecular weight is 453 g/mol. The van der Waals surface area contributed by atoms with Gasteiger partial charge in [-0.1, -0.05) is 46.3 Å². The van der Waals surface area contributed by atoms with Crippen LogP contribution in [-0.2, 0) is 6.54 Å². The fourth-order valence-electron chi connectivity index (χ4n) is 2.99. The SMILES string of the molecule is COc1ccc(Br)c(-c2cc(=O)n3[nH]cc(C(=O)NCc4ccccc4)c3n2)c1. The van der Waals surface area contributed by atoms with Crippen LogP contribution in [0.1, 0.15) is 15.9 Å². The van der Waals surface area contributed by atoms with Crippen molar-refractivity contribution in [1.82, 2.24) is 19.9 Å². The molecule has 4 rings (SSSR count). The first-order chi connectivity index (χ1) is 14.1. The van der Waals surface area contributed by atoms with E-state index >= 15 is 0 Å². The Morgan fingerprint density at radius 2 is 2.00 bits per heavy atom. The normalized spacial score (nSPS) is 10.8. The number of aromatic amines is 1. The Morgan fingerprint density at radius 3 is 2.76 bits per heavy atom. The largest absolute Gasteiger partial charge is 0.497 e. The van der Waals surface area contributed by atoms with Crippen LogP contribution in [0.15, 0.2) is 70.1 Å². The quantitative estimate of drug-likeness (QED) is 0.485. The Bertz CT molecular complexity index is 1250. The molecular formula is C21H17BrN4O3. The molecule has 8 heteroatoms. The number of halogens is 1. The van der Waals surface area contributed by atoms with Gasteiger partial charge in [-0.25, -0.2) is 9.50 Å². The number of ether oxygens (including phenoxy) is 1. The third kappa shape index (κ3) is 3.79. The molecule has 2 heterocycles. The summed E-state index contributed by atoms with van der Waals surface area (Å²) < 4.78 is 7.28. The Kier molecular flexibility index (Phi) is 5.18. The van der Waals surface area contributed by atoms with Crippen LogP contribution in [0.5, 0.6) is 5.75 Å². The van der Waals surface area contributed by atoms with Crippen LogP contribution in [0.25, 0.3) is 16.9 Å². The van der Waals surface area contributed by atoms with Gasteiger partial charge in [0.1, 0.15) is 11.3 Å². The highest BCUT2D eigenvalue weighted by Gasteiger charge is 2.17. The van der Waals surface area contributed by atoms with Gasteiger partial charge in [0.15, 0.2) is 5.65 Å². The zero-order valence-electron chi connectivity index (χ0n) is 15.5. The number of carbonyl (C=O) groups is 1. The van der Waals surface area contributed by atoms with E-state index in [0.717, 1.165) is 10.0 Å². The van der Waals surface area contributed by atoms with E-state index in [4.69, 9.17) is 4.74 Å². The number of amides is 1. The second-order valence-corrected chi connectivity index (χ2v) is 7.19. The summed E-state index contributed by atoms with van der Waals surface area (Å²) in [5.41, 5.74) is 2.35. The van der Waals surface area contributed by atoms with Crippen molar-refractivity contribution in [2.45, 2.75) is 6.54 Å². The van der Waals surface area contributed by atoms with Gasteiger partial charge in [0, 0.05) is 28.8 Å². The molecule has 0 aliphatic rings. The smallest absolute Gasteiger partial charge is 0.273 e. The van der Waals surface area contributed by atoms with E-state index in [-0.39, 0.29) is 17.1 Å². The van der Waals surface area contributed by atoms with Gasteiger partial charge in [-0.3, -0.25) is 14.7 Å². The van der Waals surface area contributed by atoms with E-state index in [2.05, 4.69) is 31.3 Å². The van der Waals surface area contributed by atoms with Gasteiger partial charge in [0.05, 0.1) is 12.8 Å². The lowest BCUT2D eigenvalue weighted by atomic mass is 10.1. The average Bonchev–Trinajstić information content (AvgIpc) is 3.18. The number of hydrogen-bond donors (Lipinski definition) is 2. The summed E-state index contributed by atoms with van der Waals surface area (Å²) in [6.45, 7) is 0.377. The second kappa shape index (κ2) is 7.92. The summed E-state index contributed by atoms with van der Waals surface area (Å²) in [7, 11) is 1.57. The molecule has 0 radical (unpaired) electrons. The molecule has 0 atom stereocenters. The molecule has 29 heavy (non-hydrogen) atoms. The number of H-pyrrole nitrogens is 1. The summed E-state index contributed by atoms with van der Waals surface area (Å²) in [5, 5.41) is 5.65. The topological polar surface area (TPSA) is 88.5 Å². The minimum absolute atomic E-state index is 0.257. The molecular weight excluding hydrogens is 436 g/mol. The first kappa shape index (κ1) is 18.9. The summed E-state index contributed by atoms with van der Waals surface area (Å²) in [5.74, 6) is 0.321. The van der Waals surface area contributed by atoms with Gasteiger partial charge in [-0.15, -0.1) is 0 Å². The number of nitrogens with one attached hydrogen (secondary N) is 2. The van der Waals surface area contributed by atoms with Crippen LogP contribution in [0.3, 0.4) is 0 Å². The molecule has 0 aliphatic carbocycles. The van der Waals surface area contributed by atoms with E-state index in [9.17, 15) is 9.59 Å². The summed E-state index contributed by atoms with van der Waals surface area (Å²) >= 11 is 3.48. The highest BCUT2D eigenvalue weighted by Crippen LogP contribution is 2.30. The van der Waals surface area contributed by atoms with Crippen molar-refractivity contribution in [3.63, 3.8) is 0 Å². The van der Waals surface area contributed by atoms with Crippen molar-refractivity contribution < 1.29 is 9.53 Å². The number of benzene rings is 2. The molecule has 0 bridgehead atoms. The van der Waals surface area contributed by atoms with Gasteiger partial charge in [-0.2, -0.15) is 0 Å². The third-order valence-corrected chi connectivity index (χ3v) is 5.18. The number of methoxy groups -OCH3 is 1. The van der Waals surface area contributed by atoms with Crippen molar-refractivity contribution in [2.24, 2.45) is 0 Å². The van der Waals surface area contributed by atoms with Crippen LogP contribution in [-0.4, -0.2) is 27.6 Å². The van der Waals surface area contributed by atoms with Gasteiger partial charge in [0.2, 0.25) is 0 Å². The van der Waals surface area contributed by atoms with Crippen LogP contribution in [0.2, 0.25) is 0 Å². The van der Waals surface area contributed by atoms with Gasteiger partial charge >= 0.3 is 0 Å². The van der Waals surface area contributed by atoms with Crippen LogP contribution < -0.4 is 15.6 Å². The number of carbonyl (C=O) groups excluding carboxylic acids is 1. The fourth-order valence-corrected chi connectivity index (χ4v) is 3.44. The zero-order chi connectivity index (χ0) is 20.4. The molecule has 0 saturated carbocycles. The van der Waals surface area contributed by atoms with E-state index in [1.165, 1.54) is 16.8 Å². The van der Waals surface area contributed by atoms with Crippen molar-refractivity contribution >= 4 is 27.5 Å². The number of aromatic nitrogens is 3. The van der Waals surface area contributed by atoms with Crippen molar-refractivity contribution in [3.05, 3.63) is 86.7 Å². The van der Waals surface area contributed by atoms with Crippen LogP contribution >= 0.6 is 15.9 Å². The van der Waals surface area contributed by atoms with E-state index in [1.54, 1.807) is 19.2 Å². The van der Waals surface area contributed by atoms with Gasteiger partial charge in [-0.05, 0) is 23.8 Å². The number of rotatable bonds is 5. The minimum atomic E-state index is -0.318. The van der Waals surface area contributed by atoms with Crippen molar-refractivity contribution in [3.8, 4) is 17.0 Å². The lowest BCUT2D eigenvalue weighted by molar-refractivity contribution is 0.0952. The Labute approximate surface area is 174 Å². The van der Waals surface area contributed by atoms with Gasteiger partial charge < -0.3 is 10.1 Å². The molecule has 0 saturated heterocycles. The molecule has 146 valence electrons. The first-order valence-electron chi connectivity index (χ1n) is 8.84. The standard InChI is InChI=1S/C21H17BrN4O3/c1-29-14-7-8-17(22)15(9-14)18-10-19(27)26-20(25-18)16(12-24-26)21(28)23-11-13-5-3-2-4-6-13/h2-10,12,24H,11H2,1H3,(H,23,28). The lowest BCUT2D eigenvalue weighted by Gasteiger charge is -2.08. The highest BCUT2D eigenvalue weighted by molar-refractivity contribution is 9.10. The molecule has 2 aromatic carbocycles. The first-order valence-corrected chi connectivity index (χ1v) is 9.63. The molecule has 2 N–H and O–H groups in total. The maximum Gasteiger partial charge on any atom is 0.273 e. The Hall–Kier alpha value is -3.39. The second-order valence-electron chi connectivity index (χ2n) is 6.34. The maximum absolute atomic E-state index is 12.7. The van der Waals surface area contributed by atoms with Gasteiger partial charge in [0.25, 0.3) is 11.5 Å². The van der Waals surface area contributed by atoms with E-state index in [0.29, 0.717) is 29.1 Å². The summed E-state index contributed by atoms with van der Waals surface area (Å²) in [4.78, 5) is 29.8. The predicted octanol–water partition coefficient (Wildman–Crippen LogP) is 3.39. The van der Waals surface area contributed by atoms with Crippen molar-refractivity contribution in [2.75, 3.05) is 7.11 Å². The molecule has 7 nitrogen and oxygen atoms in total. The minimum Gasteiger partial charge on any atom is -0.497 e. The molecule has 4 aromatic rings. The lowest BCUT2D eigenvalue weighted by Crippen LogP contribution is -2.23. The van der Waals surface area contributed by atoms with Crippen molar-refractivity contribution in [1.29, 1.82) is 0 Å². The number of nitrogens with zero attached hydrogens (tertiary/aromatic N) is 2. The molecule has 0 unspecified atom stereocenters. The highest BCUT2D eigenvalue weighted by atomic mass is 79.9. The summed E-state index contributed by atoms with van der Waals surface area (Å²) in [6, 6.07) is 16.4. The summed E-state index contributed by atoms with van der Waals surface area (Å²) in [6.07, 6.45) is 1.48.